The van der Waals surface area contributed by atoms with Crippen molar-refractivity contribution < 1.29 is 13.5 Å². The number of alkyl halides is 2. The number of benzene rings is 2. The average Bonchev–Trinajstić information content (AvgIpc) is 3.02. The first-order valence-electron chi connectivity index (χ1n) is 8.08. The Labute approximate surface area is 150 Å². The van der Waals surface area contributed by atoms with Gasteiger partial charge < -0.3 is 15.0 Å². The molecule has 2 aromatic carbocycles. The minimum Gasteiger partial charge on any atom is -0.488 e. The number of nitrogens with one attached hydrogen (secondary N) is 2. The molecule has 3 nitrogen and oxygen atoms in total. The number of rotatable bonds is 8. The highest BCUT2D eigenvalue weighted by Crippen LogP contribution is 2.26. The van der Waals surface area contributed by atoms with Gasteiger partial charge in [-0.05, 0) is 48.4 Å². The summed E-state index contributed by atoms with van der Waals surface area (Å²) in [6, 6.07) is 13.0. The van der Waals surface area contributed by atoms with Crippen LogP contribution in [0.15, 0.2) is 48.7 Å². The van der Waals surface area contributed by atoms with E-state index in [0.717, 1.165) is 34.5 Å². The molecule has 0 saturated heterocycles. The SMILES string of the molecule is FC(F)COc1cccc(CNCCc2c[nH]c3cccc(Cl)c23)c1. The van der Waals surface area contributed by atoms with Gasteiger partial charge in [0.1, 0.15) is 12.4 Å². The number of H-pyrrole nitrogens is 1. The van der Waals surface area contributed by atoms with Gasteiger partial charge in [0.15, 0.2) is 0 Å². The Bertz CT molecular complexity index is 835. The van der Waals surface area contributed by atoms with Crippen LogP contribution in [0.1, 0.15) is 11.1 Å². The first-order chi connectivity index (χ1) is 12.1. The number of halogens is 3. The summed E-state index contributed by atoms with van der Waals surface area (Å²) >= 11 is 6.27. The maximum absolute atomic E-state index is 12.2. The van der Waals surface area contributed by atoms with Crippen LogP contribution in [0.25, 0.3) is 10.9 Å². The maximum Gasteiger partial charge on any atom is 0.272 e. The Morgan fingerprint density at radius 1 is 1.16 bits per heavy atom. The molecule has 0 aliphatic rings. The molecule has 0 aliphatic carbocycles. The Hall–Kier alpha value is -2.11. The summed E-state index contributed by atoms with van der Waals surface area (Å²) < 4.78 is 29.4. The lowest BCUT2D eigenvalue weighted by Crippen LogP contribution is -2.16. The van der Waals surface area contributed by atoms with Gasteiger partial charge in [0.25, 0.3) is 6.43 Å². The van der Waals surface area contributed by atoms with E-state index in [1.807, 2.05) is 30.5 Å². The van der Waals surface area contributed by atoms with E-state index in [2.05, 4.69) is 10.3 Å². The third-order valence-corrected chi connectivity index (χ3v) is 4.23. The molecule has 25 heavy (non-hydrogen) atoms. The van der Waals surface area contributed by atoms with Crippen molar-refractivity contribution in [2.75, 3.05) is 13.2 Å². The number of fused-ring (bicyclic) bond motifs is 1. The van der Waals surface area contributed by atoms with E-state index in [0.29, 0.717) is 12.3 Å². The zero-order chi connectivity index (χ0) is 17.6. The molecule has 132 valence electrons. The van der Waals surface area contributed by atoms with E-state index in [1.165, 1.54) is 5.56 Å². The maximum atomic E-state index is 12.2. The number of ether oxygens (including phenoxy) is 1. The van der Waals surface area contributed by atoms with Crippen LogP contribution >= 0.6 is 11.6 Å². The van der Waals surface area contributed by atoms with Crippen LogP contribution in [-0.4, -0.2) is 24.6 Å². The quantitative estimate of drug-likeness (QED) is 0.563. The standard InChI is InChI=1S/C19H19ClF2N2O/c20-16-5-2-6-17-19(16)14(11-24-17)7-8-23-10-13-3-1-4-15(9-13)25-12-18(21)22/h1-6,9,11,18,23-24H,7-8,10,12H2. The molecular formula is C19H19ClF2N2O. The van der Waals surface area contributed by atoms with E-state index in [-0.39, 0.29) is 0 Å². The van der Waals surface area contributed by atoms with Crippen LogP contribution < -0.4 is 10.1 Å². The lowest BCUT2D eigenvalue weighted by Gasteiger charge is -2.09. The first kappa shape index (κ1) is 17.7. The van der Waals surface area contributed by atoms with Crippen molar-refractivity contribution in [3.05, 3.63) is 64.8 Å². The second-order valence-corrected chi connectivity index (χ2v) is 6.16. The summed E-state index contributed by atoms with van der Waals surface area (Å²) in [6.45, 7) is 0.834. The third-order valence-electron chi connectivity index (χ3n) is 3.91. The molecule has 0 spiro atoms. The molecule has 0 amide bonds. The fourth-order valence-corrected chi connectivity index (χ4v) is 3.06. The third kappa shape index (κ3) is 4.71. The molecule has 1 aromatic heterocycles. The molecule has 0 saturated carbocycles. The van der Waals surface area contributed by atoms with Crippen LogP contribution in [0.4, 0.5) is 8.78 Å². The number of hydrogen-bond donors (Lipinski definition) is 2. The summed E-state index contributed by atoms with van der Waals surface area (Å²) in [5.74, 6) is 0.461. The Morgan fingerprint density at radius 2 is 2.00 bits per heavy atom. The lowest BCUT2D eigenvalue weighted by atomic mass is 10.1. The Kier molecular flexibility index (Phi) is 5.89. The van der Waals surface area contributed by atoms with Crippen LogP contribution in [0, 0.1) is 0 Å². The van der Waals surface area contributed by atoms with Crippen LogP contribution in [-0.2, 0) is 13.0 Å². The topological polar surface area (TPSA) is 37.0 Å². The van der Waals surface area contributed by atoms with Gasteiger partial charge in [0, 0.05) is 23.6 Å². The van der Waals surface area contributed by atoms with Crippen molar-refractivity contribution in [1.29, 1.82) is 0 Å². The van der Waals surface area contributed by atoms with Crippen LogP contribution in [0.5, 0.6) is 5.75 Å². The van der Waals surface area contributed by atoms with Gasteiger partial charge in [-0.3, -0.25) is 0 Å². The zero-order valence-corrected chi connectivity index (χ0v) is 14.3. The van der Waals surface area contributed by atoms with Crippen molar-refractivity contribution in [3.63, 3.8) is 0 Å². The summed E-state index contributed by atoms with van der Waals surface area (Å²) in [4.78, 5) is 3.23. The molecule has 0 aliphatic heterocycles. The fourth-order valence-electron chi connectivity index (χ4n) is 2.77. The molecule has 0 fully saturated rings. The lowest BCUT2D eigenvalue weighted by molar-refractivity contribution is 0.0818. The minimum absolute atomic E-state index is 0.461. The number of hydrogen-bond acceptors (Lipinski definition) is 2. The van der Waals surface area contributed by atoms with Gasteiger partial charge >= 0.3 is 0 Å². The van der Waals surface area contributed by atoms with E-state index in [1.54, 1.807) is 18.2 Å². The van der Waals surface area contributed by atoms with E-state index >= 15 is 0 Å². The number of aromatic nitrogens is 1. The highest BCUT2D eigenvalue weighted by Gasteiger charge is 2.07. The molecule has 0 atom stereocenters. The zero-order valence-electron chi connectivity index (χ0n) is 13.6. The predicted octanol–water partition coefficient (Wildman–Crippen LogP) is 4.80. The second kappa shape index (κ2) is 8.32. The van der Waals surface area contributed by atoms with Gasteiger partial charge in [-0.25, -0.2) is 8.78 Å². The van der Waals surface area contributed by atoms with Crippen LogP contribution in [0.3, 0.4) is 0 Å². The first-order valence-corrected chi connectivity index (χ1v) is 8.46. The minimum atomic E-state index is -2.47. The van der Waals surface area contributed by atoms with Crippen molar-refractivity contribution >= 4 is 22.5 Å². The summed E-state index contributed by atoms with van der Waals surface area (Å²) in [5.41, 5.74) is 3.19. The fraction of sp³-hybridized carbons (Fsp3) is 0.263. The van der Waals surface area contributed by atoms with E-state index in [4.69, 9.17) is 16.3 Å². The summed E-state index contributed by atoms with van der Waals surface area (Å²) in [6.07, 6.45) is 0.354. The van der Waals surface area contributed by atoms with Crippen LogP contribution in [0.2, 0.25) is 5.02 Å². The van der Waals surface area contributed by atoms with Crippen molar-refractivity contribution in [2.24, 2.45) is 0 Å². The van der Waals surface area contributed by atoms with Gasteiger partial charge in [-0.15, -0.1) is 0 Å². The van der Waals surface area contributed by atoms with Gasteiger partial charge in [0.05, 0.1) is 5.02 Å². The summed E-state index contributed by atoms with van der Waals surface area (Å²) in [7, 11) is 0. The smallest absolute Gasteiger partial charge is 0.272 e. The van der Waals surface area contributed by atoms with Crippen molar-refractivity contribution in [1.82, 2.24) is 10.3 Å². The molecule has 0 bridgehead atoms. The average molecular weight is 365 g/mol. The molecule has 6 heteroatoms. The van der Waals surface area contributed by atoms with Gasteiger partial charge in [-0.1, -0.05) is 29.8 Å². The van der Waals surface area contributed by atoms with Gasteiger partial charge in [0.2, 0.25) is 0 Å². The Balaban J connectivity index is 1.52. The Morgan fingerprint density at radius 3 is 2.84 bits per heavy atom. The molecule has 0 unspecified atom stereocenters. The predicted molar refractivity (Wildman–Crippen MR) is 96.7 cm³/mol. The molecule has 2 N–H and O–H groups in total. The van der Waals surface area contributed by atoms with Crippen molar-refractivity contribution in [3.8, 4) is 5.75 Å². The highest BCUT2D eigenvalue weighted by atomic mass is 35.5. The van der Waals surface area contributed by atoms with Gasteiger partial charge in [-0.2, -0.15) is 0 Å². The molecule has 3 rings (SSSR count). The van der Waals surface area contributed by atoms with E-state index < -0.39 is 13.0 Å². The van der Waals surface area contributed by atoms with E-state index in [9.17, 15) is 8.78 Å². The summed E-state index contributed by atoms with van der Waals surface area (Å²) in [5, 5.41) is 5.17. The molecule has 3 aromatic rings. The normalized spacial score (nSPS) is 11.4. The second-order valence-electron chi connectivity index (χ2n) is 5.75. The highest BCUT2D eigenvalue weighted by molar-refractivity contribution is 6.35. The largest absolute Gasteiger partial charge is 0.488 e. The molecule has 1 heterocycles. The number of aromatic amines is 1. The van der Waals surface area contributed by atoms with Crippen molar-refractivity contribution in [2.45, 2.75) is 19.4 Å². The molecule has 0 radical (unpaired) electrons. The molecular weight excluding hydrogens is 346 g/mol. The monoisotopic (exact) mass is 364 g/mol.